The van der Waals surface area contributed by atoms with E-state index in [0.29, 0.717) is 17.0 Å². The van der Waals surface area contributed by atoms with Gasteiger partial charge in [-0.2, -0.15) is 0 Å². The minimum atomic E-state index is -1.52. The SMILES string of the molecule is COc1ccc(-c2cc(C(=O)[O-])c3c(=O)[nH]c(=O)n(CC(C)C)c3n2)cc1. The van der Waals surface area contributed by atoms with Gasteiger partial charge in [-0.1, -0.05) is 13.8 Å². The molecule has 2 heterocycles. The van der Waals surface area contributed by atoms with Crippen LogP contribution in [0.3, 0.4) is 0 Å². The van der Waals surface area contributed by atoms with Crippen molar-refractivity contribution in [1.82, 2.24) is 14.5 Å². The molecule has 0 atom stereocenters. The number of carboxylic acids is 1. The molecular formula is C19H18N3O5-. The Kier molecular flexibility index (Phi) is 4.81. The van der Waals surface area contributed by atoms with E-state index in [1.165, 1.54) is 17.7 Å². The van der Waals surface area contributed by atoms with Crippen LogP contribution in [0.25, 0.3) is 22.3 Å². The number of carbonyl (C=O) groups excluding carboxylic acids is 1. The first-order valence-electron chi connectivity index (χ1n) is 8.35. The van der Waals surface area contributed by atoms with Crippen LogP contribution in [-0.2, 0) is 6.54 Å². The van der Waals surface area contributed by atoms with Crippen LogP contribution in [0.4, 0.5) is 0 Å². The van der Waals surface area contributed by atoms with Crippen molar-refractivity contribution in [2.75, 3.05) is 7.11 Å². The quantitative estimate of drug-likeness (QED) is 0.711. The number of rotatable bonds is 5. The third-order valence-corrected chi connectivity index (χ3v) is 4.10. The number of pyridine rings is 1. The number of fused-ring (bicyclic) bond motifs is 1. The number of hydrogen-bond acceptors (Lipinski definition) is 6. The second kappa shape index (κ2) is 7.06. The summed E-state index contributed by atoms with van der Waals surface area (Å²) in [6.07, 6.45) is 0. The van der Waals surface area contributed by atoms with Crippen molar-refractivity contribution in [2.45, 2.75) is 20.4 Å². The van der Waals surface area contributed by atoms with E-state index in [1.54, 1.807) is 24.3 Å². The Hall–Kier alpha value is -3.42. The van der Waals surface area contributed by atoms with Crippen LogP contribution in [0.1, 0.15) is 24.2 Å². The van der Waals surface area contributed by atoms with Crippen molar-refractivity contribution in [3.8, 4) is 17.0 Å². The number of aromatic nitrogens is 3. The summed E-state index contributed by atoms with van der Waals surface area (Å²) in [6, 6.07) is 8.12. The lowest BCUT2D eigenvalue weighted by Gasteiger charge is -2.15. The number of carboxylic acid groups (broad SMARTS) is 1. The van der Waals surface area contributed by atoms with Crippen LogP contribution in [0.15, 0.2) is 39.9 Å². The van der Waals surface area contributed by atoms with Crippen LogP contribution in [0.2, 0.25) is 0 Å². The van der Waals surface area contributed by atoms with Crippen LogP contribution in [0, 0.1) is 5.92 Å². The third kappa shape index (κ3) is 3.46. The van der Waals surface area contributed by atoms with E-state index in [0.717, 1.165) is 0 Å². The summed E-state index contributed by atoms with van der Waals surface area (Å²) in [4.78, 5) is 42.8. The van der Waals surface area contributed by atoms with Gasteiger partial charge in [0, 0.05) is 17.7 Å². The topological polar surface area (TPSA) is 117 Å². The highest BCUT2D eigenvalue weighted by Gasteiger charge is 2.17. The van der Waals surface area contributed by atoms with E-state index in [9.17, 15) is 19.5 Å². The first-order chi connectivity index (χ1) is 12.8. The van der Waals surface area contributed by atoms with Gasteiger partial charge in [-0.3, -0.25) is 14.3 Å². The third-order valence-electron chi connectivity index (χ3n) is 4.10. The molecule has 140 valence electrons. The number of hydrogen-bond donors (Lipinski definition) is 1. The zero-order valence-electron chi connectivity index (χ0n) is 15.1. The number of benzene rings is 1. The van der Waals surface area contributed by atoms with Gasteiger partial charge in [-0.15, -0.1) is 0 Å². The zero-order chi connectivity index (χ0) is 19.7. The number of aromatic carboxylic acids is 1. The molecule has 0 aliphatic heterocycles. The molecule has 1 N–H and O–H groups in total. The highest BCUT2D eigenvalue weighted by molar-refractivity contribution is 6.01. The monoisotopic (exact) mass is 368 g/mol. The Balaban J connectivity index is 2.38. The molecule has 8 heteroatoms. The maximum absolute atomic E-state index is 12.3. The number of carbonyl (C=O) groups is 1. The Morgan fingerprint density at radius 2 is 1.93 bits per heavy atom. The number of H-pyrrole nitrogens is 1. The lowest BCUT2D eigenvalue weighted by molar-refractivity contribution is -0.254. The fourth-order valence-electron chi connectivity index (χ4n) is 2.88. The van der Waals surface area contributed by atoms with Crippen molar-refractivity contribution in [2.24, 2.45) is 5.92 Å². The molecule has 0 radical (unpaired) electrons. The standard InChI is InChI=1S/C19H19N3O5/c1-10(2)9-22-16-15(17(23)21-19(22)26)13(18(24)25)8-14(20-16)11-4-6-12(27-3)7-5-11/h4-8,10H,9H2,1-3H3,(H,24,25)(H,21,23,26)/p-1. The lowest BCUT2D eigenvalue weighted by atomic mass is 10.1. The Morgan fingerprint density at radius 1 is 1.26 bits per heavy atom. The summed E-state index contributed by atoms with van der Waals surface area (Å²) >= 11 is 0. The largest absolute Gasteiger partial charge is 0.545 e. The van der Waals surface area contributed by atoms with Gasteiger partial charge in [-0.25, -0.2) is 9.78 Å². The molecule has 27 heavy (non-hydrogen) atoms. The number of aromatic amines is 1. The molecule has 0 spiro atoms. The number of methoxy groups -OCH3 is 1. The summed E-state index contributed by atoms with van der Waals surface area (Å²) in [5.41, 5.74) is -0.807. The first kappa shape index (κ1) is 18.4. The van der Waals surface area contributed by atoms with Crippen molar-refractivity contribution < 1.29 is 14.6 Å². The minimum absolute atomic E-state index is 0.0185. The van der Waals surface area contributed by atoms with Crippen LogP contribution in [-0.4, -0.2) is 27.6 Å². The van der Waals surface area contributed by atoms with Gasteiger partial charge >= 0.3 is 5.69 Å². The average molecular weight is 368 g/mol. The molecule has 0 saturated carbocycles. The predicted octanol–water partition coefficient (Wildman–Crippen LogP) is 0.780. The minimum Gasteiger partial charge on any atom is -0.545 e. The maximum atomic E-state index is 12.3. The lowest BCUT2D eigenvalue weighted by Crippen LogP contribution is -2.34. The van der Waals surface area contributed by atoms with Gasteiger partial charge in [-0.05, 0) is 36.2 Å². The number of nitrogens with zero attached hydrogens (tertiary/aromatic N) is 2. The molecule has 0 fully saturated rings. The van der Waals surface area contributed by atoms with Gasteiger partial charge in [0.1, 0.15) is 5.75 Å². The fraction of sp³-hybridized carbons (Fsp3) is 0.263. The smallest absolute Gasteiger partial charge is 0.330 e. The van der Waals surface area contributed by atoms with E-state index in [2.05, 4.69) is 9.97 Å². The summed E-state index contributed by atoms with van der Waals surface area (Å²) in [7, 11) is 1.54. The Labute approximate surface area is 154 Å². The van der Waals surface area contributed by atoms with Crippen molar-refractivity contribution in [1.29, 1.82) is 0 Å². The molecule has 0 aliphatic carbocycles. The second-order valence-electron chi connectivity index (χ2n) is 6.53. The van der Waals surface area contributed by atoms with E-state index in [4.69, 9.17) is 4.74 Å². The Bertz CT molecular complexity index is 1130. The van der Waals surface area contributed by atoms with Crippen molar-refractivity contribution in [3.63, 3.8) is 0 Å². The van der Waals surface area contributed by atoms with E-state index in [-0.39, 0.29) is 29.1 Å². The van der Waals surface area contributed by atoms with E-state index < -0.39 is 17.2 Å². The second-order valence-corrected chi connectivity index (χ2v) is 6.53. The molecule has 1 aromatic carbocycles. The normalized spacial score (nSPS) is 11.1. The summed E-state index contributed by atoms with van der Waals surface area (Å²) in [5, 5.41) is 11.5. The number of ether oxygens (including phenoxy) is 1. The molecule has 3 aromatic rings. The summed E-state index contributed by atoms with van der Waals surface area (Å²) < 4.78 is 6.39. The van der Waals surface area contributed by atoms with Gasteiger partial charge < -0.3 is 14.6 Å². The first-order valence-corrected chi connectivity index (χ1v) is 8.35. The molecular weight excluding hydrogens is 350 g/mol. The fourth-order valence-corrected chi connectivity index (χ4v) is 2.88. The van der Waals surface area contributed by atoms with Gasteiger partial charge in [0.15, 0.2) is 5.65 Å². The maximum Gasteiger partial charge on any atom is 0.330 e. The van der Waals surface area contributed by atoms with Crippen LogP contribution >= 0.6 is 0 Å². The molecule has 8 nitrogen and oxygen atoms in total. The molecule has 3 rings (SSSR count). The molecule has 0 unspecified atom stereocenters. The number of nitrogens with one attached hydrogen (secondary N) is 1. The highest BCUT2D eigenvalue weighted by atomic mass is 16.5. The summed E-state index contributed by atoms with van der Waals surface area (Å²) in [6.45, 7) is 4.07. The summed E-state index contributed by atoms with van der Waals surface area (Å²) in [5.74, 6) is -0.806. The van der Waals surface area contributed by atoms with E-state index >= 15 is 0 Å². The van der Waals surface area contributed by atoms with Gasteiger partial charge in [0.25, 0.3) is 5.56 Å². The van der Waals surface area contributed by atoms with Crippen molar-refractivity contribution >= 4 is 17.0 Å². The zero-order valence-corrected chi connectivity index (χ0v) is 15.1. The molecule has 0 aliphatic rings. The highest BCUT2D eigenvalue weighted by Crippen LogP contribution is 2.24. The average Bonchev–Trinajstić information content (AvgIpc) is 2.63. The molecule has 0 bridgehead atoms. The van der Waals surface area contributed by atoms with Gasteiger partial charge in [0.05, 0.1) is 24.2 Å². The van der Waals surface area contributed by atoms with Crippen LogP contribution in [0.5, 0.6) is 5.75 Å². The van der Waals surface area contributed by atoms with Crippen LogP contribution < -0.4 is 21.1 Å². The Morgan fingerprint density at radius 3 is 2.48 bits per heavy atom. The molecule has 2 aromatic heterocycles. The predicted molar refractivity (Wildman–Crippen MR) is 97.8 cm³/mol. The molecule has 0 saturated heterocycles. The van der Waals surface area contributed by atoms with Gasteiger partial charge in [0.2, 0.25) is 0 Å². The molecule has 0 amide bonds. The van der Waals surface area contributed by atoms with Crippen molar-refractivity contribution in [3.05, 3.63) is 56.7 Å². The van der Waals surface area contributed by atoms with E-state index in [1.807, 2.05) is 13.8 Å².